The van der Waals surface area contributed by atoms with Gasteiger partial charge >= 0.3 is 0 Å². The van der Waals surface area contributed by atoms with Crippen molar-refractivity contribution in [1.82, 2.24) is 9.97 Å². The third-order valence-corrected chi connectivity index (χ3v) is 6.36. The van der Waals surface area contributed by atoms with Crippen molar-refractivity contribution >= 4 is 28.5 Å². The molecule has 1 aromatic carbocycles. The van der Waals surface area contributed by atoms with E-state index < -0.39 is 18.1 Å². The number of carbonyl (C=O) groups is 1. The van der Waals surface area contributed by atoms with Crippen LogP contribution in [0.1, 0.15) is 35.3 Å². The summed E-state index contributed by atoms with van der Waals surface area (Å²) in [6.45, 7) is -0.777. The molecule has 1 saturated carbocycles. The number of nitrogens with one attached hydrogen (secondary N) is 1. The zero-order chi connectivity index (χ0) is 21.1. The number of aromatic nitrogens is 2. The molecule has 0 bridgehead atoms. The highest BCUT2D eigenvalue weighted by Gasteiger charge is 2.48. The number of alkyl halides is 1. The molecule has 2 unspecified atom stereocenters. The molecule has 1 amide bonds. The zero-order valence-electron chi connectivity index (χ0n) is 16.1. The lowest BCUT2D eigenvalue weighted by atomic mass is 9.81. The first-order valence-corrected chi connectivity index (χ1v) is 10.6. The second-order valence-electron chi connectivity index (χ2n) is 7.20. The number of hydrogen-bond donors (Lipinski definition) is 2. The van der Waals surface area contributed by atoms with E-state index in [-0.39, 0.29) is 29.9 Å². The first-order valence-electron chi connectivity index (χ1n) is 9.62. The minimum Gasteiger partial charge on any atom is -0.474 e. The van der Waals surface area contributed by atoms with Gasteiger partial charge in [-0.2, -0.15) is 0 Å². The molecule has 1 fully saturated rings. The fourth-order valence-electron chi connectivity index (χ4n) is 4.04. The fourth-order valence-corrected chi connectivity index (χ4v) is 5.08. The largest absolute Gasteiger partial charge is 0.474 e. The van der Waals surface area contributed by atoms with Gasteiger partial charge in [0.1, 0.15) is 24.8 Å². The van der Waals surface area contributed by atoms with E-state index in [0.717, 1.165) is 25.0 Å². The number of amides is 1. The number of benzene rings is 1. The summed E-state index contributed by atoms with van der Waals surface area (Å²) in [6.07, 6.45) is 5.12. The van der Waals surface area contributed by atoms with Gasteiger partial charge < -0.3 is 15.8 Å². The van der Waals surface area contributed by atoms with Crippen LogP contribution in [-0.2, 0) is 5.54 Å². The van der Waals surface area contributed by atoms with Crippen molar-refractivity contribution in [2.45, 2.75) is 24.8 Å². The Balaban J connectivity index is 1.56. The Kier molecular flexibility index (Phi) is 5.85. The molecule has 1 aliphatic heterocycles. The summed E-state index contributed by atoms with van der Waals surface area (Å²) in [5.41, 5.74) is 6.23. The molecule has 0 radical (unpaired) electrons. The van der Waals surface area contributed by atoms with Crippen LogP contribution in [0.15, 0.2) is 35.6 Å². The topological polar surface area (TPSA) is 102 Å². The maximum atomic E-state index is 14.8. The molecule has 0 saturated heterocycles. The van der Waals surface area contributed by atoms with Crippen LogP contribution in [0.2, 0.25) is 0 Å². The lowest BCUT2D eigenvalue weighted by Crippen LogP contribution is -2.37. The summed E-state index contributed by atoms with van der Waals surface area (Å²) in [4.78, 5) is 25.1. The summed E-state index contributed by atoms with van der Waals surface area (Å²) < 4.78 is 32.0. The van der Waals surface area contributed by atoms with Gasteiger partial charge in [0.15, 0.2) is 5.17 Å². The molecule has 2 aliphatic rings. The first kappa shape index (κ1) is 20.5. The molecule has 1 aromatic heterocycles. The van der Waals surface area contributed by atoms with Crippen LogP contribution in [0.25, 0.3) is 0 Å². The quantitative estimate of drug-likeness (QED) is 0.725. The highest BCUT2D eigenvalue weighted by atomic mass is 32.2. The number of halogens is 2. The predicted octanol–water partition coefficient (Wildman–Crippen LogP) is 3.27. The van der Waals surface area contributed by atoms with Crippen LogP contribution in [0.5, 0.6) is 5.88 Å². The number of fused-ring (bicyclic) bond motifs is 1. The van der Waals surface area contributed by atoms with Crippen LogP contribution >= 0.6 is 11.8 Å². The average molecular weight is 433 g/mol. The van der Waals surface area contributed by atoms with Gasteiger partial charge in [-0.25, -0.2) is 18.7 Å². The van der Waals surface area contributed by atoms with E-state index in [1.165, 1.54) is 36.3 Å². The third kappa shape index (κ3) is 3.96. The Bertz CT molecular complexity index is 972. The second kappa shape index (κ2) is 8.55. The van der Waals surface area contributed by atoms with E-state index in [9.17, 15) is 13.6 Å². The number of nitrogens with zero attached hydrogens (tertiary/aromatic N) is 3. The van der Waals surface area contributed by atoms with Crippen LogP contribution in [0.4, 0.5) is 14.5 Å². The molecule has 3 N–H and O–H groups in total. The number of rotatable bonds is 6. The number of thioether (sulfide) groups is 1. The monoisotopic (exact) mass is 433 g/mol. The van der Waals surface area contributed by atoms with Crippen molar-refractivity contribution in [2.75, 3.05) is 24.4 Å². The summed E-state index contributed by atoms with van der Waals surface area (Å²) in [5, 5.41) is 3.19. The predicted molar refractivity (Wildman–Crippen MR) is 111 cm³/mol. The van der Waals surface area contributed by atoms with Crippen molar-refractivity contribution in [2.24, 2.45) is 16.6 Å². The van der Waals surface area contributed by atoms with Crippen molar-refractivity contribution in [1.29, 1.82) is 0 Å². The Morgan fingerprint density at radius 1 is 1.37 bits per heavy atom. The van der Waals surface area contributed by atoms with Gasteiger partial charge in [-0.15, -0.1) is 0 Å². The first-order chi connectivity index (χ1) is 14.5. The summed E-state index contributed by atoms with van der Waals surface area (Å²) in [5.74, 6) is 0.276. The molecule has 4 rings (SSSR count). The van der Waals surface area contributed by atoms with E-state index >= 15 is 0 Å². The number of carbonyl (C=O) groups excluding carboxylic acids is 1. The fraction of sp³-hybridized carbons (Fsp3) is 0.400. The highest BCUT2D eigenvalue weighted by molar-refractivity contribution is 8.13. The van der Waals surface area contributed by atoms with Crippen LogP contribution in [0.3, 0.4) is 0 Å². The molecular formula is C20H21F2N5O2S. The van der Waals surface area contributed by atoms with E-state index in [2.05, 4.69) is 20.3 Å². The zero-order valence-corrected chi connectivity index (χ0v) is 16.9. The standard InChI is InChI=1S/C20H21F2N5O2S/c21-6-7-29-17-10-24-16(9-25-17)18(28)26-13-3-4-15(22)14(8-13)20-5-1-2-12(20)11-30-19(23)27-20/h3-4,8-10,12H,1-2,5-7,11H2,(H2,23,27)(H,26,28). The van der Waals surface area contributed by atoms with E-state index in [0.29, 0.717) is 16.4 Å². The van der Waals surface area contributed by atoms with Gasteiger partial charge in [-0.1, -0.05) is 18.2 Å². The minimum atomic E-state index is -0.685. The molecule has 7 nitrogen and oxygen atoms in total. The van der Waals surface area contributed by atoms with Gasteiger partial charge in [0.05, 0.1) is 17.9 Å². The second-order valence-corrected chi connectivity index (χ2v) is 8.24. The van der Waals surface area contributed by atoms with Gasteiger partial charge in [0.2, 0.25) is 5.88 Å². The lowest BCUT2D eigenvalue weighted by molar-refractivity contribution is 0.102. The Labute approximate surface area is 176 Å². The molecule has 1 aliphatic carbocycles. The van der Waals surface area contributed by atoms with Crippen LogP contribution in [-0.4, -0.2) is 40.1 Å². The number of aliphatic imine (C=N–C) groups is 1. The molecule has 2 atom stereocenters. The van der Waals surface area contributed by atoms with Crippen molar-refractivity contribution < 1.29 is 18.3 Å². The van der Waals surface area contributed by atoms with Gasteiger partial charge in [-0.05, 0) is 37.0 Å². The molecule has 158 valence electrons. The van der Waals surface area contributed by atoms with E-state index in [1.807, 2.05) is 0 Å². The molecule has 10 heteroatoms. The summed E-state index contributed by atoms with van der Waals surface area (Å²) >= 11 is 1.50. The van der Waals surface area contributed by atoms with Crippen LogP contribution < -0.4 is 15.8 Å². The maximum Gasteiger partial charge on any atom is 0.275 e. The lowest BCUT2D eigenvalue weighted by Gasteiger charge is -2.36. The third-order valence-electron chi connectivity index (χ3n) is 5.41. The molecule has 2 aromatic rings. The molecular weight excluding hydrogens is 412 g/mol. The van der Waals surface area contributed by atoms with Crippen molar-refractivity contribution in [3.8, 4) is 5.88 Å². The van der Waals surface area contributed by atoms with Crippen molar-refractivity contribution in [3.63, 3.8) is 0 Å². The van der Waals surface area contributed by atoms with Crippen molar-refractivity contribution in [3.05, 3.63) is 47.7 Å². The van der Waals surface area contributed by atoms with Gasteiger partial charge in [-0.3, -0.25) is 9.79 Å². The molecule has 30 heavy (non-hydrogen) atoms. The summed E-state index contributed by atoms with van der Waals surface area (Å²) in [6, 6.07) is 4.46. The van der Waals surface area contributed by atoms with E-state index in [1.54, 1.807) is 6.07 Å². The van der Waals surface area contributed by atoms with E-state index in [4.69, 9.17) is 10.5 Å². The smallest absolute Gasteiger partial charge is 0.275 e. The summed E-state index contributed by atoms with van der Waals surface area (Å²) in [7, 11) is 0. The Morgan fingerprint density at radius 2 is 2.23 bits per heavy atom. The number of anilines is 1. The Morgan fingerprint density at radius 3 is 3.00 bits per heavy atom. The highest BCUT2D eigenvalue weighted by Crippen LogP contribution is 2.51. The number of ether oxygens (including phenoxy) is 1. The molecule has 0 spiro atoms. The maximum absolute atomic E-state index is 14.8. The Hall–Kier alpha value is -2.75. The van der Waals surface area contributed by atoms with Gasteiger partial charge in [0.25, 0.3) is 5.91 Å². The number of amidine groups is 1. The molecule has 2 heterocycles. The number of nitrogens with two attached hydrogens (primary N) is 1. The normalized spacial score (nSPS) is 22.9. The average Bonchev–Trinajstić information content (AvgIpc) is 3.17. The number of hydrogen-bond acceptors (Lipinski definition) is 7. The van der Waals surface area contributed by atoms with Gasteiger partial charge in [0, 0.05) is 17.0 Å². The van der Waals surface area contributed by atoms with Crippen LogP contribution in [0, 0.1) is 11.7 Å². The SMILES string of the molecule is NC1=NC2(c3cc(NC(=O)c4cnc(OCCF)cn4)ccc3F)CCCC2CS1. The minimum absolute atomic E-state index is 0.0571.